The normalized spacial score (nSPS) is 20.2. The molecule has 0 radical (unpaired) electrons. The number of amides is 1. The van der Waals surface area contributed by atoms with Crippen molar-refractivity contribution in [1.29, 1.82) is 0 Å². The van der Waals surface area contributed by atoms with Gasteiger partial charge in [-0.05, 0) is 12.0 Å². The largest absolute Gasteiger partial charge is 0.497 e. The quantitative estimate of drug-likeness (QED) is 0.796. The van der Waals surface area contributed by atoms with E-state index in [4.69, 9.17) is 4.74 Å². The molecule has 5 heteroatoms. The van der Waals surface area contributed by atoms with E-state index in [1.54, 1.807) is 30.3 Å². The molecule has 0 bridgehead atoms. The van der Waals surface area contributed by atoms with Gasteiger partial charge in [0.05, 0.1) is 7.11 Å². The summed E-state index contributed by atoms with van der Waals surface area (Å²) in [7, 11) is 1.60. The fourth-order valence-electron chi connectivity index (χ4n) is 1.78. The highest BCUT2D eigenvalue weighted by atomic mass is 79.9. The molecule has 0 saturated carbocycles. The summed E-state index contributed by atoms with van der Waals surface area (Å²) in [4.78, 5) is 17.7. The standard InChI is InChI=1S/C11H13BrN2O2/c1-16-9-2-3-13-10(5-9)14-7-8(6-12)4-11(14)15/h2-3,5,8H,4,6-7H2,1H3. The highest BCUT2D eigenvalue weighted by molar-refractivity contribution is 9.09. The van der Waals surface area contributed by atoms with Crippen LogP contribution in [0.2, 0.25) is 0 Å². The van der Waals surface area contributed by atoms with Gasteiger partial charge in [0, 0.05) is 30.6 Å². The molecule has 86 valence electrons. The van der Waals surface area contributed by atoms with Crippen LogP contribution in [0.5, 0.6) is 5.75 Å². The van der Waals surface area contributed by atoms with Crippen LogP contribution in [0.25, 0.3) is 0 Å². The highest BCUT2D eigenvalue weighted by Crippen LogP contribution is 2.26. The van der Waals surface area contributed by atoms with E-state index in [2.05, 4.69) is 20.9 Å². The molecule has 1 aliphatic rings. The molecule has 2 heterocycles. The van der Waals surface area contributed by atoms with E-state index in [0.717, 1.165) is 17.6 Å². The number of rotatable bonds is 3. The average molecular weight is 285 g/mol. The van der Waals surface area contributed by atoms with Crippen molar-refractivity contribution in [2.24, 2.45) is 5.92 Å². The Hall–Kier alpha value is -1.10. The number of carbonyl (C=O) groups is 1. The summed E-state index contributed by atoms with van der Waals surface area (Å²) >= 11 is 3.41. The molecule has 1 amide bonds. The highest BCUT2D eigenvalue weighted by Gasteiger charge is 2.30. The van der Waals surface area contributed by atoms with Crippen molar-refractivity contribution >= 4 is 27.7 Å². The number of pyridine rings is 1. The Bertz CT molecular complexity index is 397. The maximum Gasteiger partial charge on any atom is 0.228 e. The third kappa shape index (κ3) is 2.19. The number of hydrogen-bond acceptors (Lipinski definition) is 3. The number of alkyl halides is 1. The summed E-state index contributed by atoms with van der Waals surface area (Å²) in [5.41, 5.74) is 0. The van der Waals surface area contributed by atoms with Crippen LogP contribution >= 0.6 is 15.9 Å². The van der Waals surface area contributed by atoms with Gasteiger partial charge in [-0.25, -0.2) is 4.98 Å². The maximum atomic E-state index is 11.8. The van der Waals surface area contributed by atoms with Crippen molar-refractivity contribution in [1.82, 2.24) is 4.98 Å². The van der Waals surface area contributed by atoms with Crippen LogP contribution in [-0.4, -0.2) is 29.9 Å². The summed E-state index contributed by atoms with van der Waals surface area (Å²) < 4.78 is 5.12. The SMILES string of the molecule is COc1ccnc(N2CC(CBr)CC2=O)c1. The minimum atomic E-state index is 0.130. The van der Waals surface area contributed by atoms with Crippen molar-refractivity contribution in [3.63, 3.8) is 0 Å². The molecular formula is C11H13BrN2O2. The van der Waals surface area contributed by atoms with Crippen LogP contribution in [0.15, 0.2) is 18.3 Å². The Morgan fingerprint density at radius 1 is 1.69 bits per heavy atom. The van der Waals surface area contributed by atoms with E-state index in [-0.39, 0.29) is 5.91 Å². The lowest BCUT2D eigenvalue weighted by molar-refractivity contribution is -0.117. The van der Waals surface area contributed by atoms with E-state index < -0.39 is 0 Å². The minimum absolute atomic E-state index is 0.130. The number of ether oxygens (including phenoxy) is 1. The molecule has 0 aromatic carbocycles. The number of methoxy groups -OCH3 is 1. The molecule has 2 rings (SSSR count). The smallest absolute Gasteiger partial charge is 0.228 e. The van der Waals surface area contributed by atoms with Crippen molar-refractivity contribution < 1.29 is 9.53 Å². The molecule has 1 aliphatic heterocycles. The minimum Gasteiger partial charge on any atom is -0.497 e. The third-order valence-corrected chi connectivity index (χ3v) is 3.57. The van der Waals surface area contributed by atoms with Gasteiger partial charge in [0.15, 0.2) is 0 Å². The van der Waals surface area contributed by atoms with Crippen molar-refractivity contribution in [2.75, 3.05) is 23.9 Å². The summed E-state index contributed by atoms with van der Waals surface area (Å²) in [6.45, 7) is 0.726. The lowest BCUT2D eigenvalue weighted by Gasteiger charge is -2.15. The molecule has 1 aromatic rings. The lowest BCUT2D eigenvalue weighted by atomic mass is 10.2. The van der Waals surface area contributed by atoms with Crippen LogP contribution in [-0.2, 0) is 4.79 Å². The second-order valence-corrected chi connectivity index (χ2v) is 4.43. The van der Waals surface area contributed by atoms with E-state index in [9.17, 15) is 4.79 Å². The molecule has 1 fully saturated rings. The molecule has 0 N–H and O–H groups in total. The Labute approximate surface area is 103 Å². The van der Waals surface area contributed by atoms with Gasteiger partial charge >= 0.3 is 0 Å². The zero-order valence-corrected chi connectivity index (χ0v) is 10.6. The first kappa shape index (κ1) is 11.4. The fraction of sp³-hybridized carbons (Fsp3) is 0.455. The lowest BCUT2D eigenvalue weighted by Crippen LogP contribution is -2.25. The second kappa shape index (κ2) is 4.82. The van der Waals surface area contributed by atoms with Crippen LogP contribution in [0.1, 0.15) is 6.42 Å². The second-order valence-electron chi connectivity index (χ2n) is 3.78. The molecule has 1 atom stereocenters. The van der Waals surface area contributed by atoms with Gasteiger partial charge in [0.2, 0.25) is 5.91 Å². The average Bonchev–Trinajstić information content (AvgIpc) is 2.71. The van der Waals surface area contributed by atoms with Crippen LogP contribution in [0, 0.1) is 5.92 Å². The summed E-state index contributed by atoms with van der Waals surface area (Å²) in [6, 6.07) is 3.56. The number of nitrogens with zero attached hydrogens (tertiary/aromatic N) is 2. The molecule has 0 spiro atoms. The molecule has 1 saturated heterocycles. The van der Waals surface area contributed by atoms with Gasteiger partial charge < -0.3 is 4.74 Å². The Morgan fingerprint density at radius 3 is 3.12 bits per heavy atom. The summed E-state index contributed by atoms with van der Waals surface area (Å²) in [5, 5.41) is 0.846. The van der Waals surface area contributed by atoms with Gasteiger partial charge in [0.25, 0.3) is 0 Å². The van der Waals surface area contributed by atoms with Crippen molar-refractivity contribution in [3.05, 3.63) is 18.3 Å². The monoisotopic (exact) mass is 284 g/mol. The molecule has 1 aromatic heterocycles. The van der Waals surface area contributed by atoms with Crippen LogP contribution < -0.4 is 9.64 Å². The van der Waals surface area contributed by atoms with Gasteiger partial charge in [-0.2, -0.15) is 0 Å². The summed E-state index contributed by atoms with van der Waals surface area (Å²) in [5.74, 6) is 1.90. The predicted octanol–water partition coefficient (Wildman–Crippen LogP) is 1.84. The first-order chi connectivity index (χ1) is 7.74. The number of hydrogen-bond donors (Lipinski definition) is 0. The Morgan fingerprint density at radius 2 is 2.50 bits per heavy atom. The molecule has 4 nitrogen and oxygen atoms in total. The summed E-state index contributed by atoms with van der Waals surface area (Å²) in [6.07, 6.45) is 2.24. The van der Waals surface area contributed by atoms with E-state index in [1.165, 1.54) is 0 Å². The Balaban J connectivity index is 2.20. The molecule has 0 aliphatic carbocycles. The topological polar surface area (TPSA) is 42.4 Å². The maximum absolute atomic E-state index is 11.8. The molecule has 1 unspecified atom stereocenters. The predicted molar refractivity (Wildman–Crippen MR) is 65.0 cm³/mol. The Kier molecular flexibility index (Phi) is 3.43. The first-order valence-electron chi connectivity index (χ1n) is 5.11. The first-order valence-corrected chi connectivity index (χ1v) is 6.23. The van der Waals surface area contributed by atoms with Crippen molar-refractivity contribution in [3.8, 4) is 5.75 Å². The van der Waals surface area contributed by atoms with E-state index in [1.807, 2.05) is 0 Å². The van der Waals surface area contributed by atoms with E-state index >= 15 is 0 Å². The van der Waals surface area contributed by atoms with Gasteiger partial charge in [-0.3, -0.25) is 9.69 Å². The van der Waals surface area contributed by atoms with Gasteiger partial charge in [-0.1, -0.05) is 15.9 Å². The number of anilines is 1. The zero-order valence-electron chi connectivity index (χ0n) is 9.02. The van der Waals surface area contributed by atoms with E-state index in [0.29, 0.717) is 18.2 Å². The molecule has 16 heavy (non-hydrogen) atoms. The zero-order chi connectivity index (χ0) is 11.5. The van der Waals surface area contributed by atoms with Crippen LogP contribution in [0.3, 0.4) is 0 Å². The van der Waals surface area contributed by atoms with Gasteiger partial charge in [0.1, 0.15) is 11.6 Å². The number of aromatic nitrogens is 1. The fourth-order valence-corrected chi connectivity index (χ4v) is 2.21. The van der Waals surface area contributed by atoms with Crippen molar-refractivity contribution in [2.45, 2.75) is 6.42 Å². The molecular weight excluding hydrogens is 272 g/mol. The van der Waals surface area contributed by atoms with Gasteiger partial charge in [-0.15, -0.1) is 0 Å². The van der Waals surface area contributed by atoms with Crippen LogP contribution in [0.4, 0.5) is 5.82 Å². The number of halogens is 1. The number of carbonyl (C=O) groups excluding carboxylic acids is 1. The third-order valence-electron chi connectivity index (χ3n) is 2.65.